The van der Waals surface area contributed by atoms with Crippen molar-refractivity contribution in [2.45, 2.75) is 32.7 Å². The molecule has 1 heterocycles. The molecule has 0 fully saturated rings. The highest BCUT2D eigenvalue weighted by atomic mass is 35.5. The van der Waals surface area contributed by atoms with E-state index in [1.807, 2.05) is 32.0 Å². The van der Waals surface area contributed by atoms with Gasteiger partial charge in [-0.15, -0.1) is 0 Å². The van der Waals surface area contributed by atoms with Crippen molar-refractivity contribution in [3.8, 4) is 11.5 Å². The molecule has 0 aromatic heterocycles. The molecule has 1 N–H and O–H groups in total. The topological polar surface area (TPSA) is 67.9 Å². The van der Waals surface area contributed by atoms with Crippen LogP contribution in [0.2, 0.25) is 5.02 Å². The van der Waals surface area contributed by atoms with Crippen LogP contribution in [0.15, 0.2) is 36.4 Å². The molecule has 6 nitrogen and oxygen atoms in total. The maximum absolute atomic E-state index is 12.8. The standard InChI is InChI=1S/C22H25ClN2O4/c1-13(2)25(4)22(27)16-5-7-17(23)18(11-16)24-21(26)14(3)15-6-8-19-20(12-15)29-10-9-28-19/h5-8,11-14H,9-10H2,1-4H3,(H,24,26). The molecule has 1 aliphatic rings. The maximum atomic E-state index is 12.8. The van der Waals surface area contributed by atoms with Crippen LogP contribution in [0.4, 0.5) is 5.69 Å². The summed E-state index contributed by atoms with van der Waals surface area (Å²) in [7, 11) is 1.74. The van der Waals surface area contributed by atoms with E-state index in [1.54, 1.807) is 37.1 Å². The van der Waals surface area contributed by atoms with Gasteiger partial charge in [-0.05, 0) is 56.7 Å². The summed E-state index contributed by atoms with van der Waals surface area (Å²) in [4.78, 5) is 27.0. The Bertz CT molecular complexity index is 929. The number of hydrogen-bond acceptors (Lipinski definition) is 4. The zero-order chi connectivity index (χ0) is 21.1. The zero-order valence-corrected chi connectivity index (χ0v) is 17.7. The molecule has 0 spiro atoms. The molecule has 3 rings (SSSR count). The van der Waals surface area contributed by atoms with Gasteiger partial charge in [0.25, 0.3) is 5.91 Å². The van der Waals surface area contributed by atoms with Gasteiger partial charge in [0.05, 0.1) is 16.6 Å². The van der Waals surface area contributed by atoms with Crippen LogP contribution < -0.4 is 14.8 Å². The summed E-state index contributed by atoms with van der Waals surface area (Å²) in [6, 6.07) is 10.4. The number of carbonyl (C=O) groups is 2. The number of halogens is 1. The van der Waals surface area contributed by atoms with Crippen LogP contribution in [0.1, 0.15) is 42.6 Å². The third kappa shape index (κ3) is 4.65. The molecule has 0 aliphatic carbocycles. The van der Waals surface area contributed by atoms with Crippen LogP contribution in [0, 0.1) is 0 Å². The van der Waals surface area contributed by atoms with Crippen LogP contribution in [-0.2, 0) is 4.79 Å². The zero-order valence-electron chi connectivity index (χ0n) is 17.0. The van der Waals surface area contributed by atoms with Gasteiger partial charge in [0.15, 0.2) is 11.5 Å². The minimum Gasteiger partial charge on any atom is -0.486 e. The van der Waals surface area contributed by atoms with Gasteiger partial charge >= 0.3 is 0 Å². The summed E-state index contributed by atoms with van der Waals surface area (Å²) < 4.78 is 11.1. The molecule has 1 unspecified atom stereocenters. The molecule has 0 radical (unpaired) electrons. The Morgan fingerprint density at radius 2 is 1.72 bits per heavy atom. The lowest BCUT2D eigenvalue weighted by molar-refractivity contribution is -0.117. The Morgan fingerprint density at radius 1 is 1.03 bits per heavy atom. The number of ether oxygens (including phenoxy) is 2. The van der Waals surface area contributed by atoms with Gasteiger partial charge in [-0.2, -0.15) is 0 Å². The number of hydrogen-bond donors (Lipinski definition) is 1. The molecule has 0 saturated carbocycles. The number of nitrogens with zero attached hydrogens (tertiary/aromatic N) is 1. The Kier molecular flexibility index (Phi) is 6.33. The first kappa shape index (κ1) is 21.0. The van der Waals surface area contributed by atoms with Gasteiger partial charge in [-0.1, -0.05) is 17.7 Å². The number of benzene rings is 2. The van der Waals surface area contributed by atoms with Crippen LogP contribution in [-0.4, -0.2) is 43.0 Å². The van der Waals surface area contributed by atoms with E-state index in [9.17, 15) is 9.59 Å². The lowest BCUT2D eigenvalue weighted by Crippen LogP contribution is -2.33. The smallest absolute Gasteiger partial charge is 0.253 e. The van der Waals surface area contributed by atoms with E-state index in [0.29, 0.717) is 41.0 Å². The van der Waals surface area contributed by atoms with E-state index < -0.39 is 5.92 Å². The Labute approximate surface area is 175 Å². The first-order valence-corrected chi connectivity index (χ1v) is 9.93. The first-order chi connectivity index (χ1) is 13.8. The van der Waals surface area contributed by atoms with Gasteiger partial charge in [-0.25, -0.2) is 0 Å². The van der Waals surface area contributed by atoms with E-state index in [4.69, 9.17) is 21.1 Å². The van der Waals surface area contributed by atoms with Crippen molar-refractivity contribution in [2.24, 2.45) is 0 Å². The molecule has 2 aromatic rings. The highest BCUT2D eigenvalue weighted by Gasteiger charge is 2.21. The lowest BCUT2D eigenvalue weighted by Gasteiger charge is -2.22. The molecular formula is C22H25ClN2O4. The number of rotatable bonds is 5. The summed E-state index contributed by atoms with van der Waals surface area (Å²) in [5, 5.41) is 3.21. The van der Waals surface area contributed by atoms with Crippen LogP contribution >= 0.6 is 11.6 Å². The molecule has 29 heavy (non-hydrogen) atoms. The van der Waals surface area contributed by atoms with Gasteiger partial charge in [0, 0.05) is 18.7 Å². The summed E-state index contributed by atoms with van der Waals surface area (Å²) in [5.74, 6) is 0.504. The van der Waals surface area contributed by atoms with Crippen LogP contribution in [0.25, 0.3) is 0 Å². The minimum absolute atomic E-state index is 0.0615. The van der Waals surface area contributed by atoms with Crippen molar-refractivity contribution in [1.29, 1.82) is 0 Å². The molecule has 2 aromatic carbocycles. The summed E-state index contributed by atoms with van der Waals surface area (Å²) in [6.07, 6.45) is 0. The molecule has 0 saturated heterocycles. The van der Waals surface area contributed by atoms with Crippen LogP contribution in [0.3, 0.4) is 0 Å². The van der Waals surface area contributed by atoms with Gasteiger partial charge in [-0.3, -0.25) is 9.59 Å². The molecule has 154 valence electrons. The van der Waals surface area contributed by atoms with Gasteiger partial charge < -0.3 is 19.7 Å². The maximum Gasteiger partial charge on any atom is 0.253 e. The molecular weight excluding hydrogens is 392 g/mol. The average molecular weight is 417 g/mol. The fourth-order valence-electron chi connectivity index (χ4n) is 2.91. The number of amides is 2. The van der Waals surface area contributed by atoms with Gasteiger partial charge in [0.2, 0.25) is 5.91 Å². The predicted octanol–water partition coefficient (Wildman–Crippen LogP) is 4.33. The third-order valence-electron chi connectivity index (χ3n) is 5.03. The van der Waals surface area contributed by atoms with E-state index in [1.165, 1.54) is 0 Å². The number of carbonyl (C=O) groups excluding carboxylic acids is 2. The van der Waals surface area contributed by atoms with Crippen molar-refractivity contribution in [3.63, 3.8) is 0 Å². The quantitative estimate of drug-likeness (QED) is 0.787. The SMILES string of the molecule is CC(C(=O)Nc1cc(C(=O)N(C)C(C)C)ccc1Cl)c1ccc2c(c1)OCCO2. The summed E-state index contributed by atoms with van der Waals surface area (Å²) in [5.41, 5.74) is 1.67. The van der Waals surface area contributed by atoms with E-state index in [-0.39, 0.29) is 17.9 Å². The number of anilines is 1. The van der Waals surface area contributed by atoms with E-state index >= 15 is 0 Å². The number of fused-ring (bicyclic) bond motifs is 1. The average Bonchev–Trinajstić information content (AvgIpc) is 2.73. The van der Waals surface area contributed by atoms with Crippen molar-refractivity contribution in [2.75, 3.05) is 25.6 Å². The highest BCUT2D eigenvalue weighted by molar-refractivity contribution is 6.34. The van der Waals surface area contributed by atoms with Crippen molar-refractivity contribution in [3.05, 3.63) is 52.5 Å². The third-order valence-corrected chi connectivity index (χ3v) is 5.36. The fraction of sp³-hybridized carbons (Fsp3) is 0.364. The molecule has 1 aliphatic heterocycles. The lowest BCUT2D eigenvalue weighted by atomic mass is 9.99. The second-order valence-corrected chi connectivity index (χ2v) is 7.73. The van der Waals surface area contributed by atoms with Crippen molar-refractivity contribution >= 4 is 29.1 Å². The Hall–Kier alpha value is -2.73. The van der Waals surface area contributed by atoms with E-state index in [0.717, 1.165) is 5.56 Å². The molecule has 1 atom stereocenters. The highest BCUT2D eigenvalue weighted by Crippen LogP contribution is 2.34. The first-order valence-electron chi connectivity index (χ1n) is 9.55. The second kappa shape index (κ2) is 8.74. The molecule has 2 amide bonds. The predicted molar refractivity (Wildman–Crippen MR) is 113 cm³/mol. The molecule has 7 heteroatoms. The summed E-state index contributed by atoms with van der Waals surface area (Å²) >= 11 is 6.26. The monoisotopic (exact) mass is 416 g/mol. The van der Waals surface area contributed by atoms with Crippen molar-refractivity contribution in [1.82, 2.24) is 4.90 Å². The minimum atomic E-state index is -0.445. The fourth-order valence-corrected chi connectivity index (χ4v) is 3.08. The largest absolute Gasteiger partial charge is 0.486 e. The summed E-state index contributed by atoms with van der Waals surface area (Å²) in [6.45, 7) is 6.67. The molecule has 0 bridgehead atoms. The van der Waals surface area contributed by atoms with Crippen molar-refractivity contribution < 1.29 is 19.1 Å². The normalized spacial score (nSPS) is 13.7. The number of nitrogens with one attached hydrogen (secondary N) is 1. The van der Waals surface area contributed by atoms with Crippen LogP contribution in [0.5, 0.6) is 11.5 Å². The van der Waals surface area contributed by atoms with Gasteiger partial charge in [0.1, 0.15) is 13.2 Å². The second-order valence-electron chi connectivity index (χ2n) is 7.32. The Morgan fingerprint density at radius 3 is 2.41 bits per heavy atom. The van der Waals surface area contributed by atoms with E-state index in [2.05, 4.69) is 5.32 Å². The Balaban J connectivity index is 1.77.